The number of carbonyl (C=O) groups excluding carboxylic acids is 1. The first-order valence-corrected chi connectivity index (χ1v) is 10.0. The number of amides is 2. The molecule has 0 bridgehead atoms. The molecule has 10 heteroatoms. The summed E-state index contributed by atoms with van der Waals surface area (Å²) in [5.74, 6) is 0.985. The van der Waals surface area contributed by atoms with Gasteiger partial charge in [-0.15, -0.1) is 0 Å². The fourth-order valence-electron chi connectivity index (χ4n) is 3.99. The normalized spacial score (nSPS) is 18.3. The van der Waals surface area contributed by atoms with Gasteiger partial charge >= 0.3 is 6.03 Å². The number of urea groups is 1. The number of hydrogen-bond acceptors (Lipinski definition) is 6. The maximum atomic E-state index is 14.1. The van der Waals surface area contributed by atoms with Crippen molar-refractivity contribution in [3.05, 3.63) is 41.9 Å². The minimum Gasteiger partial charge on any atom is -0.378 e. The van der Waals surface area contributed by atoms with Crippen molar-refractivity contribution in [1.82, 2.24) is 24.6 Å². The van der Waals surface area contributed by atoms with Gasteiger partial charge in [-0.25, -0.2) is 14.2 Å². The molecule has 3 aliphatic rings. The predicted molar refractivity (Wildman–Crippen MR) is 103 cm³/mol. The Labute approximate surface area is 171 Å². The van der Waals surface area contributed by atoms with Gasteiger partial charge in [-0.05, 0) is 31.0 Å². The van der Waals surface area contributed by atoms with Crippen LogP contribution in [0.15, 0.2) is 29.0 Å². The molecule has 9 nitrogen and oxygen atoms in total. The van der Waals surface area contributed by atoms with Crippen molar-refractivity contribution < 1.29 is 18.4 Å². The third-order valence-electron chi connectivity index (χ3n) is 5.75. The van der Waals surface area contributed by atoms with E-state index in [-0.39, 0.29) is 12.6 Å². The molecule has 2 aliphatic heterocycles. The zero-order chi connectivity index (χ0) is 20.2. The monoisotopic (exact) mass is 410 g/mol. The van der Waals surface area contributed by atoms with E-state index in [1.165, 1.54) is 12.1 Å². The zero-order valence-corrected chi connectivity index (χ0v) is 16.1. The zero-order valence-electron chi connectivity index (χ0n) is 16.1. The smallest absolute Gasteiger partial charge is 0.325 e. The van der Waals surface area contributed by atoms with E-state index in [1.807, 2.05) is 4.57 Å². The van der Waals surface area contributed by atoms with Gasteiger partial charge in [0.1, 0.15) is 17.8 Å². The first-order valence-electron chi connectivity index (χ1n) is 10.0. The topological polar surface area (TPSA) is 89.5 Å². The lowest BCUT2D eigenvalue weighted by molar-refractivity contribution is 0.0547. The molecule has 30 heavy (non-hydrogen) atoms. The van der Waals surface area contributed by atoms with Crippen LogP contribution in [0.2, 0.25) is 0 Å². The highest BCUT2D eigenvalue weighted by molar-refractivity contribution is 5.95. The molecule has 0 radical (unpaired) electrons. The van der Waals surface area contributed by atoms with Crippen LogP contribution in [0, 0.1) is 5.82 Å². The van der Waals surface area contributed by atoms with Gasteiger partial charge in [0.15, 0.2) is 0 Å². The van der Waals surface area contributed by atoms with Gasteiger partial charge in [0.05, 0.1) is 36.8 Å². The fraction of sp³-hybridized carbons (Fsp3) is 0.400. The van der Waals surface area contributed by atoms with E-state index in [2.05, 4.69) is 15.1 Å². The van der Waals surface area contributed by atoms with Crippen LogP contribution in [0.4, 0.5) is 14.9 Å². The minimum atomic E-state index is -0.399. The lowest BCUT2D eigenvalue weighted by Gasteiger charge is -2.36. The van der Waals surface area contributed by atoms with E-state index in [4.69, 9.17) is 9.26 Å². The third kappa shape index (κ3) is 2.78. The molecule has 1 aromatic carbocycles. The van der Waals surface area contributed by atoms with Crippen LogP contribution in [0.25, 0.3) is 17.2 Å². The molecule has 1 saturated carbocycles. The Balaban J connectivity index is 1.42. The summed E-state index contributed by atoms with van der Waals surface area (Å²) in [5.41, 5.74) is 2.53. The highest BCUT2D eigenvalue weighted by Gasteiger charge is 2.35. The van der Waals surface area contributed by atoms with Crippen molar-refractivity contribution >= 4 is 11.7 Å². The van der Waals surface area contributed by atoms with Crippen molar-refractivity contribution in [1.29, 1.82) is 0 Å². The molecular weight excluding hydrogens is 391 g/mol. The van der Waals surface area contributed by atoms with Crippen molar-refractivity contribution in [2.24, 2.45) is 0 Å². The number of fused-ring (bicyclic) bond motifs is 3. The minimum absolute atomic E-state index is 0.185. The van der Waals surface area contributed by atoms with Crippen LogP contribution in [0.1, 0.15) is 30.3 Å². The van der Waals surface area contributed by atoms with Gasteiger partial charge in [-0.3, -0.25) is 9.47 Å². The number of carbonyl (C=O) groups is 1. The molecule has 2 amide bonds. The van der Waals surface area contributed by atoms with Gasteiger partial charge in [-0.2, -0.15) is 4.98 Å². The van der Waals surface area contributed by atoms with Crippen molar-refractivity contribution in [2.45, 2.75) is 25.3 Å². The summed E-state index contributed by atoms with van der Waals surface area (Å²) in [4.78, 5) is 25.6. The second-order valence-corrected chi connectivity index (χ2v) is 7.74. The molecule has 3 aromatic rings. The lowest BCUT2D eigenvalue weighted by Crippen LogP contribution is -2.49. The number of morpholine rings is 1. The van der Waals surface area contributed by atoms with Gasteiger partial charge in [0.2, 0.25) is 11.7 Å². The lowest BCUT2D eigenvalue weighted by atomic mass is 10.1. The van der Waals surface area contributed by atoms with E-state index in [1.54, 1.807) is 22.2 Å². The molecule has 1 aliphatic carbocycles. The van der Waals surface area contributed by atoms with Gasteiger partial charge in [0.25, 0.3) is 0 Å². The number of ether oxygens (including phenoxy) is 1. The maximum Gasteiger partial charge on any atom is 0.325 e. The second kappa shape index (κ2) is 6.63. The first kappa shape index (κ1) is 17.6. The number of aromatic nitrogens is 4. The quantitative estimate of drug-likeness (QED) is 0.645. The summed E-state index contributed by atoms with van der Waals surface area (Å²) in [6, 6.07) is 4.24. The maximum absolute atomic E-state index is 14.1. The highest BCUT2D eigenvalue weighted by atomic mass is 19.1. The van der Waals surface area contributed by atoms with Gasteiger partial charge in [0, 0.05) is 19.0 Å². The van der Waals surface area contributed by atoms with E-state index < -0.39 is 5.82 Å². The fourth-order valence-corrected chi connectivity index (χ4v) is 3.99. The number of imidazole rings is 1. The van der Waals surface area contributed by atoms with E-state index in [9.17, 15) is 9.18 Å². The molecule has 0 N–H and O–H groups in total. The second-order valence-electron chi connectivity index (χ2n) is 7.74. The van der Waals surface area contributed by atoms with Crippen LogP contribution in [-0.4, -0.2) is 56.9 Å². The van der Waals surface area contributed by atoms with E-state index >= 15 is 0 Å². The Morgan fingerprint density at radius 2 is 2.00 bits per heavy atom. The van der Waals surface area contributed by atoms with Gasteiger partial charge < -0.3 is 14.2 Å². The Morgan fingerprint density at radius 1 is 1.17 bits per heavy atom. The van der Waals surface area contributed by atoms with Crippen LogP contribution in [-0.2, 0) is 11.3 Å². The van der Waals surface area contributed by atoms with Crippen molar-refractivity contribution in [3.8, 4) is 17.2 Å². The van der Waals surface area contributed by atoms with Gasteiger partial charge in [-0.1, -0.05) is 5.16 Å². The molecule has 2 fully saturated rings. The molecule has 2 aromatic heterocycles. The summed E-state index contributed by atoms with van der Waals surface area (Å²) >= 11 is 0. The number of hydrogen-bond donors (Lipinski definition) is 0. The van der Waals surface area contributed by atoms with E-state index in [0.717, 1.165) is 18.5 Å². The third-order valence-corrected chi connectivity index (χ3v) is 5.75. The number of anilines is 1. The molecule has 1 saturated heterocycles. The summed E-state index contributed by atoms with van der Waals surface area (Å²) < 4.78 is 26.7. The summed E-state index contributed by atoms with van der Waals surface area (Å²) in [6.45, 7) is 2.22. The number of halogens is 1. The number of nitrogens with zero attached hydrogens (tertiary/aromatic N) is 6. The Hall–Kier alpha value is -3.27. The molecule has 0 spiro atoms. The SMILES string of the molecule is O=C(N1CCOCC1)N1Cc2c(-c3noc(C4CC4)n3)ncn2-c2ccc(F)cc21. The summed E-state index contributed by atoms with van der Waals surface area (Å²) in [7, 11) is 0. The predicted octanol–water partition coefficient (Wildman–Crippen LogP) is 2.71. The summed E-state index contributed by atoms with van der Waals surface area (Å²) in [6.07, 6.45) is 3.78. The standard InChI is InChI=1S/C20H19FN6O3/c21-13-3-4-14-15(9-13)26(20(28)25-5-7-29-8-6-25)10-16-17(22-11-27(14)16)18-23-19(30-24-18)12-1-2-12/h3-4,9,11-12H,1-2,5-8,10H2. The average Bonchev–Trinajstić information content (AvgIpc) is 3.35. The van der Waals surface area contributed by atoms with Crippen molar-refractivity contribution in [3.63, 3.8) is 0 Å². The van der Waals surface area contributed by atoms with Crippen LogP contribution in [0.3, 0.4) is 0 Å². The van der Waals surface area contributed by atoms with Crippen LogP contribution >= 0.6 is 0 Å². The molecule has 154 valence electrons. The molecule has 6 rings (SSSR count). The molecular formula is C20H19FN6O3. The Bertz CT molecular complexity index is 1130. The Morgan fingerprint density at radius 3 is 2.80 bits per heavy atom. The molecule has 4 heterocycles. The van der Waals surface area contributed by atoms with Crippen LogP contribution < -0.4 is 4.90 Å². The highest BCUT2D eigenvalue weighted by Crippen LogP contribution is 2.40. The first-order chi connectivity index (χ1) is 14.7. The van der Waals surface area contributed by atoms with E-state index in [0.29, 0.717) is 61.0 Å². The largest absolute Gasteiger partial charge is 0.378 e. The van der Waals surface area contributed by atoms with Crippen LogP contribution in [0.5, 0.6) is 0 Å². The molecule has 0 atom stereocenters. The number of rotatable bonds is 2. The van der Waals surface area contributed by atoms with Crippen molar-refractivity contribution in [2.75, 3.05) is 31.2 Å². The number of benzene rings is 1. The molecule has 0 unspecified atom stereocenters. The summed E-state index contributed by atoms with van der Waals surface area (Å²) in [5, 5.41) is 4.11. The Kier molecular flexibility index (Phi) is 3.88. The average molecular weight is 410 g/mol.